The molecule has 0 aliphatic carbocycles. The molecule has 0 unspecified atom stereocenters. The second-order valence-corrected chi connectivity index (χ2v) is 5.75. The third-order valence-corrected chi connectivity index (χ3v) is 3.89. The Morgan fingerprint density at radius 1 is 1.18 bits per heavy atom. The lowest BCUT2D eigenvalue weighted by molar-refractivity contribution is -0.149. The lowest BCUT2D eigenvalue weighted by Crippen LogP contribution is -2.22. The second-order valence-electron chi connectivity index (χ2n) is 5.75. The number of hydrogen-bond acceptors (Lipinski definition) is 9. The number of benzene rings is 1. The molecule has 1 aliphatic heterocycles. The van der Waals surface area contributed by atoms with Crippen molar-refractivity contribution in [2.75, 3.05) is 27.4 Å². The van der Waals surface area contributed by atoms with Gasteiger partial charge >= 0.3 is 5.97 Å². The average Bonchev–Trinajstić information content (AvgIpc) is 3.16. The summed E-state index contributed by atoms with van der Waals surface area (Å²) < 4.78 is 32.3. The van der Waals surface area contributed by atoms with Crippen molar-refractivity contribution in [2.45, 2.75) is 12.7 Å². The van der Waals surface area contributed by atoms with Crippen LogP contribution >= 0.6 is 0 Å². The number of nitrogens with zero attached hydrogens (tertiary/aromatic N) is 2. The number of ether oxygens (including phenoxy) is 6. The molecule has 0 atom stereocenters. The summed E-state index contributed by atoms with van der Waals surface area (Å²) in [5, 5.41) is 0. The van der Waals surface area contributed by atoms with Gasteiger partial charge in [-0.2, -0.15) is 9.97 Å². The smallest absolute Gasteiger partial charge is 0.339 e. The van der Waals surface area contributed by atoms with Gasteiger partial charge in [-0.05, 0) is 19.1 Å². The average molecular weight is 388 g/mol. The van der Waals surface area contributed by atoms with Crippen LogP contribution in [-0.2, 0) is 24.8 Å². The number of carbonyl (C=O) groups is 1. The van der Waals surface area contributed by atoms with Crippen molar-refractivity contribution >= 4 is 5.97 Å². The van der Waals surface area contributed by atoms with Crippen molar-refractivity contribution in [2.24, 2.45) is 0 Å². The molecule has 2 aromatic rings. The van der Waals surface area contributed by atoms with Gasteiger partial charge < -0.3 is 28.4 Å². The van der Waals surface area contributed by atoms with Crippen LogP contribution in [0.5, 0.6) is 23.3 Å². The standard InChI is InChI=1S/C19H20N2O7/c1-19(25-9-10-26-19)13-5-4-6-14(11-13)27-18-16(17(24-3)20-12-21-18)28-15(22)7-8-23-2/h4-8,11-12H,9-10H2,1-3H3. The molecule has 0 radical (unpaired) electrons. The highest BCUT2D eigenvalue weighted by Crippen LogP contribution is 2.38. The molecular formula is C19H20N2O7. The molecular weight excluding hydrogens is 368 g/mol. The summed E-state index contributed by atoms with van der Waals surface area (Å²) in [5.74, 6) is -1.09. The van der Waals surface area contributed by atoms with E-state index >= 15 is 0 Å². The summed E-state index contributed by atoms with van der Waals surface area (Å²) in [6, 6.07) is 7.16. The number of esters is 1. The molecule has 3 rings (SSSR count). The summed E-state index contributed by atoms with van der Waals surface area (Å²) in [6.45, 7) is 2.86. The van der Waals surface area contributed by atoms with Crippen LogP contribution in [0.4, 0.5) is 0 Å². The Morgan fingerprint density at radius 3 is 2.64 bits per heavy atom. The van der Waals surface area contributed by atoms with E-state index in [0.717, 1.165) is 11.6 Å². The first-order valence-corrected chi connectivity index (χ1v) is 8.42. The molecule has 9 nitrogen and oxygen atoms in total. The topological polar surface area (TPSA) is 98.2 Å². The molecule has 1 fully saturated rings. The zero-order chi connectivity index (χ0) is 20.0. The summed E-state index contributed by atoms with van der Waals surface area (Å²) in [4.78, 5) is 19.9. The minimum Gasteiger partial charge on any atom is -0.504 e. The Hall–Kier alpha value is -3.17. The molecule has 1 aromatic heterocycles. The predicted octanol–water partition coefficient (Wildman–Crippen LogP) is 2.56. The van der Waals surface area contributed by atoms with Crippen LogP contribution in [0.2, 0.25) is 0 Å². The molecule has 1 saturated heterocycles. The first-order chi connectivity index (χ1) is 13.6. The highest BCUT2D eigenvalue weighted by molar-refractivity contribution is 5.84. The van der Waals surface area contributed by atoms with Gasteiger partial charge in [-0.3, -0.25) is 0 Å². The quantitative estimate of drug-likeness (QED) is 0.402. The molecule has 2 heterocycles. The number of methoxy groups -OCH3 is 2. The Balaban J connectivity index is 1.88. The van der Waals surface area contributed by atoms with Crippen LogP contribution in [0.3, 0.4) is 0 Å². The Bertz CT molecular complexity index is 863. The third kappa shape index (κ3) is 4.38. The van der Waals surface area contributed by atoms with Gasteiger partial charge in [-0.25, -0.2) is 4.79 Å². The van der Waals surface area contributed by atoms with Gasteiger partial charge in [-0.15, -0.1) is 0 Å². The zero-order valence-electron chi connectivity index (χ0n) is 15.7. The maximum atomic E-state index is 11.9. The van der Waals surface area contributed by atoms with Crippen molar-refractivity contribution in [1.29, 1.82) is 0 Å². The number of rotatable bonds is 7. The first-order valence-electron chi connectivity index (χ1n) is 8.42. The number of carbonyl (C=O) groups excluding carboxylic acids is 1. The molecule has 0 saturated carbocycles. The molecule has 9 heteroatoms. The van der Waals surface area contributed by atoms with Crippen molar-refractivity contribution < 1.29 is 33.2 Å². The van der Waals surface area contributed by atoms with E-state index in [1.54, 1.807) is 18.2 Å². The Morgan fingerprint density at radius 2 is 1.93 bits per heavy atom. The zero-order valence-corrected chi connectivity index (χ0v) is 15.7. The third-order valence-electron chi connectivity index (χ3n) is 3.89. The van der Waals surface area contributed by atoms with Gasteiger partial charge in [0.05, 0.1) is 39.8 Å². The van der Waals surface area contributed by atoms with E-state index < -0.39 is 11.8 Å². The maximum Gasteiger partial charge on any atom is 0.339 e. The maximum absolute atomic E-state index is 11.9. The normalized spacial score (nSPS) is 15.4. The predicted molar refractivity (Wildman–Crippen MR) is 96.1 cm³/mol. The molecule has 28 heavy (non-hydrogen) atoms. The van der Waals surface area contributed by atoms with Gasteiger partial charge in [-0.1, -0.05) is 12.1 Å². The highest BCUT2D eigenvalue weighted by atomic mass is 16.7. The van der Waals surface area contributed by atoms with E-state index in [4.69, 9.17) is 28.4 Å². The van der Waals surface area contributed by atoms with Gasteiger partial charge in [0.25, 0.3) is 17.5 Å². The fourth-order valence-electron chi connectivity index (χ4n) is 2.54. The van der Waals surface area contributed by atoms with Gasteiger partial charge in [0.1, 0.15) is 12.1 Å². The monoisotopic (exact) mass is 388 g/mol. The van der Waals surface area contributed by atoms with Gasteiger partial charge in [0, 0.05) is 5.56 Å². The molecule has 0 N–H and O–H groups in total. The highest BCUT2D eigenvalue weighted by Gasteiger charge is 2.33. The summed E-state index contributed by atoms with van der Waals surface area (Å²) in [5.41, 5.74) is 0.782. The van der Waals surface area contributed by atoms with Crippen molar-refractivity contribution in [3.63, 3.8) is 0 Å². The van der Waals surface area contributed by atoms with Crippen LogP contribution in [0.15, 0.2) is 42.9 Å². The molecule has 148 valence electrons. The van der Waals surface area contributed by atoms with Gasteiger partial charge in [0.2, 0.25) is 0 Å². The van der Waals surface area contributed by atoms with E-state index in [2.05, 4.69) is 9.97 Å². The van der Waals surface area contributed by atoms with Crippen molar-refractivity contribution in [3.8, 4) is 23.3 Å². The summed E-state index contributed by atoms with van der Waals surface area (Å²) >= 11 is 0. The van der Waals surface area contributed by atoms with Crippen LogP contribution in [0.25, 0.3) is 0 Å². The van der Waals surface area contributed by atoms with E-state index in [0.29, 0.717) is 19.0 Å². The van der Waals surface area contributed by atoms with Gasteiger partial charge in [0.15, 0.2) is 5.79 Å². The number of aromatic nitrogens is 2. The summed E-state index contributed by atoms with van der Waals surface area (Å²) in [6.07, 6.45) is 3.53. The van der Waals surface area contributed by atoms with E-state index in [-0.39, 0.29) is 17.5 Å². The molecule has 1 aliphatic rings. The van der Waals surface area contributed by atoms with Crippen molar-refractivity contribution in [1.82, 2.24) is 9.97 Å². The Labute approximate surface area is 161 Å². The lowest BCUT2D eigenvalue weighted by Gasteiger charge is -2.23. The second kappa shape index (κ2) is 8.68. The van der Waals surface area contributed by atoms with Crippen LogP contribution < -0.4 is 14.2 Å². The molecule has 0 bridgehead atoms. The van der Waals surface area contributed by atoms with Crippen LogP contribution in [0, 0.1) is 0 Å². The van der Waals surface area contributed by atoms with Crippen molar-refractivity contribution in [3.05, 3.63) is 48.5 Å². The van der Waals surface area contributed by atoms with E-state index in [1.807, 2.05) is 13.0 Å². The fourth-order valence-corrected chi connectivity index (χ4v) is 2.54. The number of hydrogen-bond donors (Lipinski definition) is 0. The Kier molecular flexibility index (Phi) is 6.07. The van der Waals surface area contributed by atoms with E-state index in [9.17, 15) is 4.79 Å². The SMILES string of the molecule is COC=CC(=O)Oc1c(OC)ncnc1Oc1cccc(C2(C)OCCO2)c1. The molecule has 0 amide bonds. The largest absolute Gasteiger partial charge is 0.504 e. The lowest BCUT2D eigenvalue weighted by atomic mass is 10.1. The van der Waals surface area contributed by atoms with Crippen LogP contribution in [0.1, 0.15) is 12.5 Å². The molecule has 0 spiro atoms. The first kappa shape index (κ1) is 19.6. The minimum absolute atomic E-state index is 0.0154. The molecule has 1 aromatic carbocycles. The van der Waals surface area contributed by atoms with Crippen LogP contribution in [-0.4, -0.2) is 43.4 Å². The summed E-state index contributed by atoms with van der Waals surface area (Å²) in [7, 11) is 2.81. The fraction of sp³-hybridized carbons (Fsp3) is 0.316. The van der Waals surface area contributed by atoms with E-state index in [1.165, 1.54) is 26.8 Å². The minimum atomic E-state index is -0.844.